The Hall–Kier alpha value is -1.11. The molecule has 1 fully saturated rings. The Labute approximate surface area is 128 Å². The summed E-state index contributed by atoms with van der Waals surface area (Å²) >= 11 is 3.15. The van der Waals surface area contributed by atoms with Crippen molar-refractivity contribution in [3.63, 3.8) is 0 Å². The zero-order valence-electron chi connectivity index (χ0n) is 11.1. The second kappa shape index (κ2) is 6.34. The van der Waals surface area contributed by atoms with Crippen LogP contribution in [0.15, 0.2) is 22.7 Å². The molecule has 0 aromatic heterocycles. The Bertz CT molecular complexity index is 532. The average molecular weight is 368 g/mol. The molecule has 1 aromatic carbocycles. The Kier molecular flexibility index (Phi) is 4.91. The summed E-state index contributed by atoms with van der Waals surface area (Å²) in [6, 6.07) is 3.92. The predicted octanol–water partition coefficient (Wildman–Crippen LogP) is 3.93. The van der Waals surface area contributed by atoms with Gasteiger partial charge in [-0.05, 0) is 30.5 Å². The van der Waals surface area contributed by atoms with Crippen LogP contribution in [0.25, 0.3) is 0 Å². The molecule has 0 N–H and O–H groups in total. The van der Waals surface area contributed by atoms with E-state index >= 15 is 0 Å². The van der Waals surface area contributed by atoms with Gasteiger partial charge in [-0.3, -0.25) is 4.79 Å². The lowest BCUT2D eigenvalue weighted by Gasteiger charge is -2.33. The first-order valence-corrected chi connectivity index (χ1v) is 7.35. The summed E-state index contributed by atoms with van der Waals surface area (Å²) in [5.41, 5.74) is 0.565. The minimum Gasteiger partial charge on any atom is -0.342 e. The molecule has 1 amide bonds. The van der Waals surface area contributed by atoms with E-state index in [2.05, 4.69) is 15.9 Å². The number of benzene rings is 1. The molecule has 1 saturated heterocycles. The SMILES string of the molecule is O=C(Cc1ccc(F)cc1Br)N1CCCC(C(F)(F)F)C1. The van der Waals surface area contributed by atoms with Gasteiger partial charge in [0.05, 0.1) is 12.3 Å². The van der Waals surface area contributed by atoms with Crippen molar-refractivity contribution < 1.29 is 22.4 Å². The number of amides is 1. The highest BCUT2D eigenvalue weighted by atomic mass is 79.9. The van der Waals surface area contributed by atoms with Gasteiger partial charge in [0.2, 0.25) is 5.91 Å². The van der Waals surface area contributed by atoms with Crippen molar-refractivity contribution in [2.24, 2.45) is 5.92 Å². The molecule has 1 aliphatic rings. The molecule has 0 radical (unpaired) electrons. The fourth-order valence-electron chi connectivity index (χ4n) is 2.41. The van der Waals surface area contributed by atoms with Gasteiger partial charge in [-0.15, -0.1) is 0 Å². The van der Waals surface area contributed by atoms with Gasteiger partial charge in [0.1, 0.15) is 5.82 Å². The summed E-state index contributed by atoms with van der Waals surface area (Å²) in [5.74, 6) is -2.25. The topological polar surface area (TPSA) is 20.3 Å². The summed E-state index contributed by atoms with van der Waals surface area (Å²) in [7, 11) is 0. The van der Waals surface area contributed by atoms with Crippen LogP contribution in [0.3, 0.4) is 0 Å². The molecule has 1 aromatic rings. The molecular formula is C14H14BrF4NO. The second-order valence-corrected chi connectivity index (χ2v) is 5.99. The van der Waals surface area contributed by atoms with Crippen molar-refractivity contribution in [2.45, 2.75) is 25.4 Å². The van der Waals surface area contributed by atoms with E-state index < -0.39 is 17.9 Å². The molecule has 2 nitrogen and oxygen atoms in total. The first-order chi connectivity index (χ1) is 9.77. The summed E-state index contributed by atoms with van der Waals surface area (Å²) in [6.45, 7) is 0.0470. The number of piperidine rings is 1. The van der Waals surface area contributed by atoms with E-state index in [1.54, 1.807) is 0 Å². The third-order valence-electron chi connectivity index (χ3n) is 3.59. The summed E-state index contributed by atoms with van der Waals surface area (Å²) in [4.78, 5) is 13.4. The molecule has 116 valence electrons. The molecule has 0 bridgehead atoms. The number of likely N-dealkylation sites (tertiary alicyclic amines) is 1. The highest BCUT2D eigenvalue weighted by molar-refractivity contribution is 9.10. The Morgan fingerprint density at radius 2 is 2.10 bits per heavy atom. The molecule has 7 heteroatoms. The van der Waals surface area contributed by atoms with Gasteiger partial charge >= 0.3 is 6.18 Å². The lowest BCUT2D eigenvalue weighted by molar-refractivity contribution is -0.187. The summed E-state index contributed by atoms with van der Waals surface area (Å²) in [5, 5.41) is 0. The maximum atomic E-state index is 13.0. The third kappa shape index (κ3) is 4.18. The van der Waals surface area contributed by atoms with E-state index in [4.69, 9.17) is 0 Å². The normalized spacial score (nSPS) is 19.7. The highest BCUT2D eigenvalue weighted by Gasteiger charge is 2.42. The van der Waals surface area contributed by atoms with Crippen molar-refractivity contribution in [3.05, 3.63) is 34.1 Å². The van der Waals surface area contributed by atoms with Crippen LogP contribution in [0.1, 0.15) is 18.4 Å². The largest absolute Gasteiger partial charge is 0.393 e. The highest BCUT2D eigenvalue weighted by Crippen LogP contribution is 2.33. The molecule has 2 rings (SSSR count). The van der Waals surface area contributed by atoms with Crippen LogP contribution in [-0.4, -0.2) is 30.1 Å². The second-order valence-electron chi connectivity index (χ2n) is 5.13. The van der Waals surface area contributed by atoms with Crippen LogP contribution in [-0.2, 0) is 11.2 Å². The Morgan fingerprint density at radius 3 is 2.71 bits per heavy atom. The zero-order chi connectivity index (χ0) is 15.6. The molecule has 1 aliphatic heterocycles. The lowest BCUT2D eigenvalue weighted by Crippen LogP contribution is -2.45. The number of carbonyl (C=O) groups is 1. The molecule has 0 saturated carbocycles. The number of rotatable bonds is 2. The van der Waals surface area contributed by atoms with E-state index in [1.807, 2.05) is 0 Å². The van der Waals surface area contributed by atoms with Gasteiger partial charge in [0.15, 0.2) is 0 Å². The maximum Gasteiger partial charge on any atom is 0.393 e. The Balaban J connectivity index is 2.03. The molecule has 1 atom stereocenters. The fourth-order valence-corrected chi connectivity index (χ4v) is 2.90. The number of alkyl halides is 3. The van der Waals surface area contributed by atoms with Crippen LogP contribution >= 0.6 is 15.9 Å². The maximum absolute atomic E-state index is 13.0. The van der Waals surface area contributed by atoms with Gasteiger partial charge in [0, 0.05) is 17.6 Å². The van der Waals surface area contributed by atoms with Crippen LogP contribution in [0, 0.1) is 11.7 Å². The standard InChI is InChI=1S/C14H14BrF4NO/c15-12-7-11(16)4-3-9(12)6-13(21)20-5-1-2-10(8-20)14(17,18)19/h3-4,7,10H,1-2,5-6,8H2. The number of hydrogen-bond donors (Lipinski definition) is 0. The van der Waals surface area contributed by atoms with Crippen molar-refractivity contribution >= 4 is 21.8 Å². The summed E-state index contributed by atoms with van der Waals surface area (Å²) in [6.07, 6.45) is -3.89. The number of halogens is 5. The molecular weight excluding hydrogens is 354 g/mol. The van der Waals surface area contributed by atoms with E-state index in [1.165, 1.54) is 23.1 Å². The molecule has 1 unspecified atom stereocenters. The predicted molar refractivity (Wildman–Crippen MR) is 73.2 cm³/mol. The fraction of sp³-hybridized carbons (Fsp3) is 0.500. The molecule has 0 aliphatic carbocycles. The first-order valence-electron chi connectivity index (χ1n) is 6.56. The Morgan fingerprint density at radius 1 is 1.38 bits per heavy atom. The third-order valence-corrected chi connectivity index (χ3v) is 4.33. The minimum atomic E-state index is -4.27. The molecule has 0 spiro atoms. The van der Waals surface area contributed by atoms with Crippen LogP contribution in [0.4, 0.5) is 17.6 Å². The van der Waals surface area contributed by atoms with Crippen molar-refractivity contribution in [3.8, 4) is 0 Å². The zero-order valence-corrected chi connectivity index (χ0v) is 12.7. The monoisotopic (exact) mass is 367 g/mol. The van der Waals surface area contributed by atoms with E-state index in [0.717, 1.165) is 0 Å². The number of nitrogens with zero attached hydrogens (tertiary/aromatic N) is 1. The summed E-state index contributed by atoms with van der Waals surface area (Å²) < 4.78 is 51.6. The van der Waals surface area contributed by atoms with E-state index in [0.29, 0.717) is 23.0 Å². The van der Waals surface area contributed by atoms with Crippen LogP contribution in [0.5, 0.6) is 0 Å². The first kappa shape index (κ1) is 16.3. The number of hydrogen-bond acceptors (Lipinski definition) is 1. The van der Waals surface area contributed by atoms with Gasteiger partial charge < -0.3 is 4.90 Å². The molecule has 1 heterocycles. The van der Waals surface area contributed by atoms with E-state index in [9.17, 15) is 22.4 Å². The van der Waals surface area contributed by atoms with Gasteiger partial charge in [-0.1, -0.05) is 22.0 Å². The lowest BCUT2D eigenvalue weighted by atomic mass is 9.97. The van der Waals surface area contributed by atoms with Crippen molar-refractivity contribution in [2.75, 3.05) is 13.1 Å². The number of carbonyl (C=O) groups excluding carboxylic acids is 1. The van der Waals surface area contributed by atoms with Crippen LogP contribution in [0.2, 0.25) is 0 Å². The van der Waals surface area contributed by atoms with Crippen LogP contribution < -0.4 is 0 Å². The van der Waals surface area contributed by atoms with Gasteiger partial charge in [0.25, 0.3) is 0 Å². The van der Waals surface area contributed by atoms with Gasteiger partial charge in [-0.2, -0.15) is 13.2 Å². The molecule has 21 heavy (non-hydrogen) atoms. The van der Waals surface area contributed by atoms with E-state index in [-0.39, 0.29) is 25.3 Å². The smallest absolute Gasteiger partial charge is 0.342 e. The van der Waals surface area contributed by atoms with Gasteiger partial charge in [-0.25, -0.2) is 4.39 Å². The minimum absolute atomic E-state index is 0.0363. The van der Waals surface area contributed by atoms with Crippen molar-refractivity contribution in [1.82, 2.24) is 4.90 Å². The average Bonchev–Trinajstić information content (AvgIpc) is 2.41. The quantitative estimate of drug-likeness (QED) is 0.725. The van der Waals surface area contributed by atoms with Crippen molar-refractivity contribution in [1.29, 1.82) is 0 Å².